The molecule has 1 aromatic carbocycles. The van der Waals surface area contributed by atoms with Crippen molar-refractivity contribution in [3.8, 4) is 5.75 Å². The van der Waals surface area contributed by atoms with Gasteiger partial charge >= 0.3 is 0 Å². The van der Waals surface area contributed by atoms with Gasteiger partial charge < -0.3 is 9.64 Å². The number of anilines is 1. The summed E-state index contributed by atoms with van der Waals surface area (Å²) in [6, 6.07) is 4.66. The average Bonchev–Trinajstić information content (AvgIpc) is 2.40. The van der Waals surface area contributed by atoms with E-state index in [0.717, 1.165) is 0 Å². The second kappa shape index (κ2) is 6.78. The molecule has 0 spiro atoms. The van der Waals surface area contributed by atoms with Crippen LogP contribution in [0.3, 0.4) is 0 Å². The summed E-state index contributed by atoms with van der Waals surface area (Å²) in [5.41, 5.74) is -0.678. The van der Waals surface area contributed by atoms with E-state index in [1.165, 1.54) is 19.1 Å². The van der Waals surface area contributed by atoms with Gasteiger partial charge in [0.25, 0.3) is 0 Å². The van der Waals surface area contributed by atoms with E-state index >= 15 is 0 Å². The molecule has 1 aliphatic heterocycles. The number of benzene rings is 1. The van der Waals surface area contributed by atoms with E-state index in [9.17, 15) is 13.2 Å². The van der Waals surface area contributed by atoms with Crippen LogP contribution in [0.5, 0.6) is 5.75 Å². The first-order valence-electron chi connectivity index (χ1n) is 9.17. The zero-order valence-corrected chi connectivity index (χ0v) is 18.5. The quantitative estimate of drug-likeness (QED) is 0.842. The van der Waals surface area contributed by atoms with Crippen LogP contribution in [0.1, 0.15) is 61.8 Å². The number of hydrogen-bond acceptors (Lipinski definition) is 4. The molecule has 0 aromatic heterocycles. The minimum absolute atomic E-state index is 0.0211. The number of amides is 1. The van der Waals surface area contributed by atoms with Crippen molar-refractivity contribution in [2.45, 2.75) is 77.8 Å². The molecule has 6 nitrogen and oxygen atoms in total. The van der Waals surface area contributed by atoms with Crippen molar-refractivity contribution >= 4 is 21.6 Å². The molecule has 27 heavy (non-hydrogen) atoms. The summed E-state index contributed by atoms with van der Waals surface area (Å²) in [5, 5.41) is 0. The molecule has 0 saturated heterocycles. The van der Waals surface area contributed by atoms with Crippen LogP contribution in [-0.2, 0) is 14.8 Å². The molecule has 1 aliphatic rings. The lowest BCUT2D eigenvalue weighted by molar-refractivity contribution is -0.117. The maximum absolute atomic E-state index is 13.0. The molecule has 1 amide bonds. The van der Waals surface area contributed by atoms with Crippen molar-refractivity contribution in [3.63, 3.8) is 0 Å². The molecule has 7 heteroatoms. The van der Waals surface area contributed by atoms with Gasteiger partial charge in [-0.15, -0.1) is 0 Å². The van der Waals surface area contributed by atoms with Crippen molar-refractivity contribution in [2.24, 2.45) is 5.41 Å². The first-order valence-corrected chi connectivity index (χ1v) is 10.6. The molecule has 0 unspecified atom stereocenters. The van der Waals surface area contributed by atoms with Crippen molar-refractivity contribution in [2.75, 3.05) is 11.4 Å². The van der Waals surface area contributed by atoms with Gasteiger partial charge in [-0.3, -0.25) is 4.79 Å². The van der Waals surface area contributed by atoms with Crippen LogP contribution in [0.4, 0.5) is 5.69 Å². The SMILES string of the molecule is CC(=O)N1CC(C)(C)Oc2ccc(S(=O)(=O)NC(C)(C)CC(C)(C)C)cc21. The molecule has 1 N–H and O–H groups in total. The second-order valence-corrected chi connectivity index (χ2v) is 11.5. The minimum atomic E-state index is -3.75. The summed E-state index contributed by atoms with van der Waals surface area (Å²) in [6.45, 7) is 15.6. The number of carbonyl (C=O) groups is 1. The maximum atomic E-state index is 13.0. The summed E-state index contributed by atoms with van der Waals surface area (Å²) in [4.78, 5) is 13.8. The van der Waals surface area contributed by atoms with Crippen molar-refractivity contribution in [1.29, 1.82) is 0 Å². The highest BCUT2D eigenvalue weighted by atomic mass is 32.2. The molecule has 0 atom stereocenters. The Labute approximate surface area is 163 Å². The van der Waals surface area contributed by atoms with Crippen LogP contribution in [0.2, 0.25) is 0 Å². The van der Waals surface area contributed by atoms with E-state index in [0.29, 0.717) is 24.4 Å². The Morgan fingerprint density at radius 3 is 2.33 bits per heavy atom. The summed E-state index contributed by atoms with van der Waals surface area (Å²) < 4.78 is 34.7. The standard InChI is InChI=1S/C20H32N2O4S/c1-14(23)22-13-20(7,8)26-17-10-9-15(11-16(17)22)27(24,25)21-19(5,6)12-18(2,3)4/h9-11,21H,12-13H2,1-8H3. The molecule has 0 saturated carbocycles. The van der Waals surface area contributed by atoms with Gasteiger partial charge in [-0.2, -0.15) is 0 Å². The summed E-state index contributed by atoms with van der Waals surface area (Å²) in [6.07, 6.45) is 0.682. The number of rotatable bonds is 4. The van der Waals surface area contributed by atoms with Crippen LogP contribution in [0.25, 0.3) is 0 Å². The molecule has 1 heterocycles. The summed E-state index contributed by atoms with van der Waals surface area (Å²) in [5.74, 6) is 0.359. The number of hydrogen-bond donors (Lipinski definition) is 1. The van der Waals surface area contributed by atoms with E-state index < -0.39 is 21.2 Å². The van der Waals surface area contributed by atoms with Gasteiger partial charge in [0.1, 0.15) is 11.4 Å². The van der Waals surface area contributed by atoms with E-state index in [2.05, 4.69) is 25.5 Å². The lowest BCUT2D eigenvalue weighted by Crippen LogP contribution is -2.49. The van der Waals surface area contributed by atoms with E-state index in [1.807, 2.05) is 27.7 Å². The van der Waals surface area contributed by atoms with Gasteiger partial charge in [-0.05, 0) is 57.7 Å². The minimum Gasteiger partial charge on any atom is -0.484 e. The molecular weight excluding hydrogens is 364 g/mol. The lowest BCUT2D eigenvalue weighted by atomic mass is 9.82. The summed E-state index contributed by atoms with van der Waals surface area (Å²) >= 11 is 0. The Morgan fingerprint density at radius 2 is 1.81 bits per heavy atom. The fraction of sp³-hybridized carbons (Fsp3) is 0.650. The van der Waals surface area contributed by atoms with Crippen LogP contribution >= 0.6 is 0 Å². The number of nitrogens with one attached hydrogen (secondary N) is 1. The first-order chi connectivity index (χ1) is 12.0. The van der Waals surface area contributed by atoms with Gasteiger partial charge in [0.15, 0.2) is 0 Å². The number of ether oxygens (including phenoxy) is 1. The molecule has 2 rings (SSSR count). The average molecular weight is 397 g/mol. The third-order valence-electron chi connectivity index (χ3n) is 4.22. The van der Waals surface area contributed by atoms with Gasteiger partial charge in [-0.25, -0.2) is 13.1 Å². The highest BCUT2D eigenvalue weighted by Crippen LogP contribution is 2.39. The lowest BCUT2D eigenvalue weighted by Gasteiger charge is -2.39. The third kappa shape index (κ3) is 5.45. The Balaban J connectivity index is 2.40. The zero-order chi connectivity index (χ0) is 20.8. The van der Waals surface area contributed by atoms with Gasteiger partial charge in [0.2, 0.25) is 15.9 Å². The van der Waals surface area contributed by atoms with E-state index in [1.54, 1.807) is 11.0 Å². The van der Waals surface area contributed by atoms with E-state index in [-0.39, 0.29) is 16.2 Å². The Morgan fingerprint density at radius 1 is 1.22 bits per heavy atom. The molecule has 0 bridgehead atoms. The highest BCUT2D eigenvalue weighted by molar-refractivity contribution is 7.89. The first kappa shape index (κ1) is 21.7. The van der Waals surface area contributed by atoms with Crippen LogP contribution in [0, 0.1) is 5.41 Å². The molecule has 0 aliphatic carbocycles. The van der Waals surface area contributed by atoms with Gasteiger partial charge in [0.05, 0.1) is 17.1 Å². The highest BCUT2D eigenvalue weighted by Gasteiger charge is 2.36. The Kier molecular flexibility index (Phi) is 5.45. The maximum Gasteiger partial charge on any atom is 0.241 e. The van der Waals surface area contributed by atoms with Gasteiger partial charge in [-0.1, -0.05) is 20.8 Å². The second-order valence-electron chi connectivity index (χ2n) is 9.82. The predicted octanol–water partition coefficient (Wildman–Crippen LogP) is 3.70. The number of nitrogens with zero attached hydrogens (tertiary/aromatic N) is 1. The fourth-order valence-electron chi connectivity index (χ4n) is 3.82. The zero-order valence-electron chi connectivity index (χ0n) is 17.6. The normalized spacial score (nSPS) is 17.3. The molecule has 152 valence electrons. The topological polar surface area (TPSA) is 75.7 Å². The fourth-order valence-corrected chi connectivity index (χ4v) is 5.25. The summed E-state index contributed by atoms with van der Waals surface area (Å²) in [7, 11) is -3.75. The molecule has 0 radical (unpaired) electrons. The van der Waals surface area contributed by atoms with Crippen LogP contribution in [-0.4, -0.2) is 32.0 Å². The number of fused-ring (bicyclic) bond motifs is 1. The van der Waals surface area contributed by atoms with Crippen molar-refractivity contribution < 1.29 is 17.9 Å². The molecule has 0 fully saturated rings. The smallest absolute Gasteiger partial charge is 0.241 e. The predicted molar refractivity (Wildman–Crippen MR) is 108 cm³/mol. The van der Waals surface area contributed by atoms with Crippen LogP contribution in [0.15, 0.2) is 23.1 Å². The molecule has 1 aromatic rings. The third-order valence-corrected chi connectivity index (χ3v) is 5.92. The Hall–Kier alpha value is -1.60. The van der Waals surface area contributed by atoms with Crippen LogP contribution < -0.4 is 14.4 Å². The van der Waals surface area contributed by atoms with Crippen molar-refractivity contribution in [1.82, 2.24) is 4.72 Å². The number of sulfonamides is 1. The van der Waals surface area contributed by atoms with Crippen molar-refractivity contribution in [3.05, 3.63) is 18.2 Å². The van der Waals surface area contributed by atoms with E-state index in [4.69, 9.17) is 4.74 Å². The molecular formula is C20H32N2O4S. The largest absolute Gasteiger partial charge is 0.484 e. The number of carbonyl (C=O) groups excluding carboxylic acids is 1. The van der Waals surface area contributed by atoms with Gasteiger partial charge in [0, 0.05) is 12.5 Å². The monoisotopic (exact) mass is 396 g/mol. The Bertz CT molecular complexity index is 836.